The lowest BCUT2D eigenvalue weighted by Gasteiger charge is -2.10. The van der Waals surface area contributed by atoms with E-state index in [0.717, 1.165) is 12.0 Å². The summed E-state index contributed by atoms with van der Waals surface area (Å²) in [6.45, 7) is 5.40. The summed E-state index contributed by atoms with van der Waals surface area (Å²) < 4.78 is 5.19. The molecule has 106 valence electrons. The molecule has 1 N–H and O–H groups in total. The van der Waals surface area contributed by atoms with Crippen LogP contribution in [-0.2, 0) is 11.2 Å². The zero-order valence-electron chi connectivity index (χ0n) is 11.7. The second-order valence-corrected chi connectivity index (χ2v) is 4.74. The third kappa shape index (κ3) is 2.68. The van der Waals surface area contributed by atoms with Crippen molar-refractivity contribution in [2.45, 2.75) is 33.1 Å². The molecule has 0 aromatic carbocycles. The van der Waals surface area contributed by atoms with Crippen LogP contribution in [0.25, 0.3) is 11.5 Å². The molecule has 20 heavy (non-hydrogen) atoms. The van der Waals surface area contributed by atoms with Crippen LogP contribution < -0.4 is 0 Å². The zero-order valence-corrected chi connectivity index (χ0v) is 11.7. The Morgan fingerprint density at radius 1 is 1.45 bits per heavy atom. The Morgan fingerprint density at radius 3 is 2.85 bits per heavy atom. The minimum Gasteiger partial charge on any atom is -0.481 e. The van der Waals surface area contributed by atoms with Gasteiger partial charge in [-0.05, 0) is 18.1 Å². The Balaban J connectivity index is 2.31. The first-order valence-electron chi connectivity index (χ1n) is 6.55. The highest BCUT2D eigenvalue weighted by molar-refractivity contribution is 5.70. The van der Waals surface area contributed by atoms with Gasteiger partial charge in [-0.15, -0.1) is 0 Å². The molecule has 0 aliphatic heterocycles. The lowest BCUT2D eigenvalue weighted by molar-refractivity contribution is -0.141. The Labute approximate surface area is 116 Å². The van der Waals surface area contributed by atoms with Gasteiger partial charge in [0.2, 0.25) is 11.7 Å². The molecule has 2 rings (SSSR count). The number of carboxylic acid groups (broad SMARTS) is 1. The number of aryl methyl sites for hydroxylation is 1. The average molecular weight is 275 g/mol. The predicted molar refractivity (Wildman–Crippen MR) is 72.1 cm³/mol. The smallest absolute Gasteiger partial charge is 0.307 e. The maximum atomic E-state index is 11.0. The maximum Gasteiger partial charge on any atom is 0.307 e. The number of carbonyl (C=O) groups is 1. The van der Waals surface area contributed by atoms with Crippen LogP contribution in [0, 0.1) is 5.92 Å². The summed E-state index contributed by atoms with van der Waals surface area (Å²) >= 11 is 0. The molecule has 0 radical (unpaired) electrons. The Kier molecular flexibility index (Phi) is 4.12. The fourth-order valence-corrected chi connectivity index (χ4v) is 1.87. The van der Waals surface area contributed by atoms with Crippen LogP contribution in [0.1, 0.15) is 38.1 Å². The van der Waals surface area contributed by atoms with Gasteiger partial charge in [-0.2, -0.15) is 4.98 Å². The summed E-state index contributed by atoms with van der Waals surface area (Å²) in [5.41, 5.74) is 1.71. The lowest BCUT2D eigenvalue weighted by Crippen LogP contribution is -2.16. The quantitative estimate of drug-likeness (QED) is 0.901. The number of pyridine rings is 1. The highest BCUT2D eigenvalue weighted by Crippen LogP contribution is 2.26. The molecule has 0 aliphatic rings. The molecule has 0 aliphatic carbocycles. The van der Waals surface area contributed by atoms with Gasteiger partial charge in [0, 0.05) is 12.1 Å². The van der Waals surface area contributed by atoms with Gasteiger partial charge >= 0.3 is 5.97 Å². The zero-order chi connectivity index (χ0) is 14.7. The molecule has 2 atom stereocenters. The Hall–Kier alpha value is -2.24. The van der Waals surface area contributed by atoms with E-state index < -0.39 is 11.9 Å². The van der Waals surface area contributed by atoms with Gasteiger partial charge < -0.3 is 9.63 Å². The summed E-state index contributed by atoms with van der Waals surface area (Å²) in [5.74, 6) is -1.09. The second-order valence-electron chi connectivity index (χ2n) is 4.74. The van der Waals surface area contributed by atoms with E-state index in [2.05, 4.69) is 15.1 Å². The molecule has 2 heterocycles. The molecule has 0 bridgehead atoms. The molecular weight excluding hydrogens is 258 g/mol. The average Bonchev–Trinajstić information content (AvgIpc) is 2.95. The molecule has 0 spiro atoms. The Bertz CT molecular complexity index is 609. The summed E-state index contributed by atoms with van der Waals surface area (Å²) in [7, 11) is 0. The highest BCUT2D eigenvalue weighted by atomic mass is 16.5. The predicted octanol–water partition coefficient (Wildman–Crippen LogP) is 2.52. The van der Waals surface area contributed by atoms with Gasteiger partial charge in [0.15, 0.2) is 0 Å². The number of carboxylic acids is 1. The van der Waals surface area contributed by atoms with Crippen LogP contribution in [0.4, 0.5) is 0 Å². The van der Waals surface area contributed by atoms with E-state index in [9.17, 15) is 4.79 Å². The van der Waals surface area contributed by atoms with Crippen molar-refractivity contribution in [3.63, 3.8) is 0 Å². The summed E-state index contributed by atoms with van der Waals surface area (Å²) in [5, 5.41) is 12.9. The monoisotopic (exact) mass is 275 g/mol. The molecule has 2 unspecified atom stereocenters. The molecule has 0 saturated carbocycles. The number of nitrogens with zero attached hydrogens (tertiary/aromatic N) is 3. The van der Waals surface area contributed by atoms with E-state index in [1.807, 2.05) is 19.1 Å². The number of rotatable bonds is 5. The third-order valence-corrected chi connectivity index (χ3v) is 3.45. The normalized spacial score (nSPS) is 13.9. The molecule has 6 heteroatoms. The molecule has 2 aromatic rings. The topological polar surface area (TPSA) is 89.1 Å². The van der Waals surface area contributed by atoms with Crippen LogP contribution in [0.15, 0.2) is 22.9 Å². The maximum absolute atomic E-state index is 11.0. The van der Waals surface area contributed by atoms with Crippen LogP contribution in [0.3, 0.4) is 0 Å². The molecule has 2 aromatic heterocycles. The van der Waals surface area contributed by atoms with Gasteiger partial charge in [0.1, 0.15) is 5.69 Å². The van der Waals surface area contributed by atoms with Crippen molar-refractivity contribution >= 4 is 5.97 Å². The first kappa shape index (κ1) is 14.2. The van der Waals surface area contributed by atoms with Crippen molar-refractivity contribution in [1.82, 2.24) is 15.1 Å². The minimum atomic E-state index is -0.885. The standard InChI is InChI=1S/C14H17N3O3/c1-4-10-6-5-7-15-11(10)12-16-13(20-17-12)8(2)9(3)14(18)19/h5-9H,4H2,1-3H3,(H,18,19). The van der Waals surface area contributed by atoms with E-state index in [-0.39, 0.29) is 5.92 Å². The van der Waals surface area contributed by atoms with Crippen LogP contribution >= 0.6 is 0 Å². The first-order chi connectivity index (χ1) is 9.54. The van der Waals surface area contributed by atoms with Gasteiger partial charge in [-0.25, -0.2) is 0 Å². The van der Waals surface area contributed by atoms with Gasteiger partial charge in [-0.3, -0.25) is 9.78 Å². The van der Waals surface area contributed by atoms with Gasteiger partial charge in [0.25, 0.3) is 0 Å². The molecule has 0 saturated heterocycles. The Morgan fingerprint density at radius 2 is 2.20 bits per heavy atom. The largest absolute Gasteiger partial charge is 0.481 e. The number of aliphatic carboxylic acids is 1. The van der Waals surface area contributed by atoms with Crippen LogP contribution in [0.2, 0.25) is 0 Å². The van der Waals surface area contributed by atoms with E-state index in [0.29, 0.717) is 17.4 Å². The first-order valence-corrected chi connectivity index (χ1v) is 6.55. The SMILES string of the molecule is CCc1cccnc1-c1noc(C(C)C(C)C(=O)O)n1. The minimum absolute atomic E-state index is 0.322. The summed E-state index contributed by atoms with van der Waals surface area (Å²) in [6, 6.07) is 3.82. The fourth-order valence-electron chi connectivity index (χ4n) is 1.87. The molecule has 6 nitrogen and oxygen atoms in total. The summed E-state index contributed by atoms with van der Waals surface area (Å²) in [6.07, 6.45) is 2.49. The number of hydrogen-bond acceptors (Lipinski definition) is 5. The van der Waals surface area contributed by atoms with Crippen molar-refractivity contribution in [2.75, 3.05) is 0 Å². The van der Waals surface area contributed by atoms with Crippen LogP contribution in [-0.4, -0.2) is 26.2 Å². The fraction of sp³-hybridized carbons (Fsp3) is 0.429. The van der Waals surface area contributed by atoms with Gasteiger partial charge in [-0.1, -0.05) is 32.0 Å². The van der Waals surface area contributed by atoms with Crippen molar-refractivity contribution < 1.29 is 14.4 Å². The number of aromatic nitrogens is 3. The third-order valence-electron chi connectivity index (χ3n) is 3.45. The lowest BCUT2D eigenvalue weighted by atomic mass is 9.96. The molecule has 0 fully saturated rings. The van der Waals surface area contributed by atoms with Crippen molar-refractivity contribution in [3.8, 4) is 11.5 Å². The molecule has 0 amide bonds. The van der Waals surface area contributed by atoms with E-state index >= 15 is 0 Å². The number of hydrogen-bond donors (Lipinski definition) is 1. The second kappa shape index (κ2) is 5.81. The molecular formula is C14H17N3O3. The highest BCUT2D eigenvalue weighted by Gasteiger charge is 2.26. The van der Waals surface area contributed by atoms with E-state index in [4.69, 9.17) is 9.63 Å². The van der Waals surface area contributed by atoms with Gasteiger partial charge in [0.05, 0.1) is 5.92 Å². The van der Waals surface area contributed by atoms with Crippen molar-refractivity contribution in [1.29, 1.82) is 0 Å². The van der Waals surface area contributed by atoms with Crippen LogP contribution in [0.5, 0.6) is 0 Å². The van der Waals surface area contributed by atoms with Crippen molar-refractivity contribution in [2.24, 2.45) is 5.92 Å². The van der Waals surface area contributed by atoms with Crippen molar-refractivity contribution in [3.05, 3.63) is 29.8 Å². The summed E-state index contributed by atoms with van der Waals surface area (Å²) in [4.78, 5) is 19.5. The van der Waals surface area contributed by atoms with E-state index in [1.54, 1.807) is 20.0 Å². The van der Waals surface area contributed by atoms with E-state index in [1.165, 1.54) is 0 Å².